The number of benzene rings is 2. The van der Waals surface area contributed by atoms with Gasteiger partial charge in [-0.1, -0.05) is 207 Å². The molecule has 0 bridgehead atoms. The number of hydrogen-bond acceptors (Lipinski definition) is 4. The van der Waals surface area contributed by atoms with Crippen molar-refractivity contribution in [2.24, 2.45) is 4.01 Å². The number of fused-ring (bicyclic) bond motifs is 7. The van der Waals surface area contributed by atoms with Crippen molar-refractivity contribution in [1.29, 1.82) is 5.41 Å². The third-order valence-corrected chi connectivity index (χ3v) is 37.2. The minimum atomic E-state index is -3.09. The van der Waals surface area contributed by atoms with Crippen LogP contribution in [0.3, 0.4) is 0 Å². The van der Waals surface area contributed by atoms with Crippen LogP contribution in [0.2, 0.25) is 29.6 Å². The predicted molar refractivity (Wildman–Crippen MR) is 446 cm³/mol. The first-order valence-corrected chi connectivity index (χ1v) is 66.0. The Morgan fingerprint density at radius 3 is 0.960 bits per heavy atom. The van der Waals surface area contributed by atoms with Crippen molar-refractivity contribution < 1.29 is 8.78 Å². The molecule has 0 amide bonds. The number of aromatic nitrogens is 2. The summed E-state index contributed by atoms with van der Waals surface area (Å²) < 4.78 is 59.2. The Morgan fingerprint density at radius 1 is 0.380 bits per heavy atom. The Labute approximate surface area is 639 Å². The van der Waals surface area contributed by atoms with E-state index in [9.17, 15) is 5.41 Å². The molecule has 0 aliphatic heterocycles. The second-order valence-corrected chi connectivity index (χ2v) is 64.9. The predicted octanol–water partition coefficient (Wildman–Crippen LogP) is 29.6. The van der Waals surface area contributed by atoms with E-state index in [1.807, 2.05) is 0 Å². The third-order valence-electron chi connectivity index (χ3n) is 24.2. The molecule has 0 unspecified atom stereocenters. The minimum absolute atomic E-state index is 0.175. The van der Waals surface area contributed by atoms with Crippen molar-refractivity contribution in [3.05, 3.63) is 55.2 Å². The number of hydrogen-bond donors (Lipinski definition) is 1. The number of unbranched alkanes of at least 4 members (excludes halogenated alkanes) is 52. The van der Waals surface area contributed by atoms with E-state index >= 15 is 8.78 Å². The zero-order valence-corrected chi connectivity index (χ0v) is 76.1. The molecule has 1 radical (unpaired) electrons. The number of halogens is 2. The standard InChI is InChI=1S/C84H135F2N4Se2.6CH3.2Sn/c1-5-9-13-17-21-25-29-33-37-41-45-49-53-57-65-83(66-58-54-50-46-42-38-34-30-26-22-18-14-10-6-2)69-61-63-71(87)81(88-91)73(69)75-77(83)80(86)76-74-70(62-64-72-82(74)90-92-89-72)84(78(76)79(75)85,67-59-55-51-47-43-39-35-31-27-23-19-15-11-7-3)68-60-56-52-48-44-40-36-32-28-24-20-16-12-8-4;;;;;;;;/h61-62,87H,5-60,65-68H2,1-4H3;6*1H3;;/b87-71?,88-81+;;;;;;;;. The second-order valence-electron chi connectivity index (χ2n) is 34.6. The van der Waals surface area contributed by atoms with Crippen molar-refractivity contribution in [2.75, 3.05) is 0 Å². The molecular weight excluding hydrogens is 1570 g/mol. The molecule has 567 valence electrons. The van der Waals surface area contributed by atoms with Crippen LogP contribution >= 0.6 is 0 Å². The molecule has 0 saturated heterocycles. The zero-order valence-electron chi connectivity index (χ0n) is 67.0. The van der Waals surface area contributed by atoms with E-state index in [1.165, 1.54) is 317 Å². The average molecular weight is 1720 g/mol. The molecule has 1 N–H and O–H groups in total. The van der Waals surface area contributed by atoms with Crippen LogP contribution in [0.5, 0.6) is 0 Å². The van der Waals surface area contributed by atoms with E-state index in [2.05, 4.69) is 85.7 Å². The van der Waals surface area contributed by atoms with Crippen LogP contribution in [0.15, 0.2) is 25.3 Å². The second kappa shape index (κ2) is 49.4. The van der Waals surface area contributed by atoms with Crippen LogP contribution in [0.25, 0.3) is 27.7 Å². The fraction of sp³-hybridized carbons (Fsp3) is 0.800. The molecule has 3 aromatic rings. The van der Waals surface area contributed by atoms with Gasteiger partial charge < -0.3 is 0 Å². The molecular formula is C90H153F2N4Se2Sn2. The zero-order chi connectivity index (χ0) is 71.9. The number of allylic oxidation sites excluding steroid dienone is 4. The SMILES string of the molecule is CCCCCCCCCCCCCCCCC1(CCCCCCCCCCCCCCCC)C2=C(/C(=N/[Se])C(=N)[C]([Sn]([CH3])([CH3])[CH3])=C2)c2c(F)c3c(c(F)c21)-c1c(c[c]([Sn]([CH3])([CH3])[CH3])c2n[se]nc12)C3(CCCCCCCCCCCCCCCC)CCCCCCCCCCCCCCCC. The van der Waals surface area contributed by atoms with E-state index in [4.69, 9.17) is 12.0 Å². The normalized spacial score (nSPS) is 15.3. The Kier molecular flexibility index (Phi) is 43.6. The van der Waals surface area contributed by atoms with Gasteiger partial charge in [-0.2, -0.15) is 0 Å². The Morgan fingerprint density at radius 2 is 0.660 bits per heavy atom. The fourth-order valence-corrected chi connectivity index (χ4v) is 28.6. The molecule has 10 heteroatoms. The fourth-order valence-electron chi connectivity index (χ4n) is 18.2. The summed E-state index contributed by atoms with van der Waals surface area (Å²) in [6.45, 7) is 9.23. The summed E-state index contributed by atoms with van der Waals surface area (Å²) in [5, 5.41) is 10.2. The molecule has 3 aliphatic rings. The van der Waals surface area contributed by atoms with E-state index in [0.717, 1.165) is 108 Å². The van der Waals surface area contributed by atoms with Gasteiger partial charge in [0, 0.05) is 0 Å². The van der Waals surface area contributed by atoms with Gasteiger partial charge in [-0.3, -0.25) is 0 Å². The maximum atomic E-state index is 20.5. The summed E-state index contributed by atoms with van der Waals surface area (Å²) in [6, 6.07) is 2.53. The molecule has 1 aromatic heterocycles. The van der Waals surface area contributed by atoms with Gasteiger partial charge in [-0.25, -0.2) is 0 Å². The number of rotatable bonds is 62. The van der Waals surface area contributed by atoms with Gasteiger partial charge in [0.15, 0.2) is 0 Å². The summed E-state index contributed by atoms with van der Waals surface area (Å²) >= 11 is -3.33. The number of nitrogens with one attached hydrogen (secondary N) is 1. The van der Waals surface area contributed by atoms with Crippen LogP contribution in [-0.4, -0.2) is 87.3 Å². The van der Waals surface area contributed by atoms with Gasteiger partial charge >= 0.3 is 438 Å². The monoisotopic (exact) mass is 1730 g/mol. The van der Waals surface area contributed by atoms with Crippen molar-refractivity contribution >= 4 is 99.6 Å². The van der Waals surface area contributed by atoms with E-state index in [-0.39, 0.29) is 26.6 Å². The van der Waals surface area contributed by atoms with Crippen molar-refractivity contribution in [3.8, 4) is 11.1 Å². The van der Waals surface area contributed by atoms with Gasteiger partial charge in [0.2, 0.25) is 0 Å². The molecule has 3 aliphatic carbocycles. The van der Waals surface area contributed by atoms with Crippen molar-refractivity contribution in [2.45, 2.75) is 453 Å². The molecule has 0 saturated carbocycles. The Balaban J connectivity index is 1.41. The Hall–Kier alpha value is -0.644. The topological polar surface area (TPSA) is 62.0 Å². The number of nitrogens with zero attached hydrogens (tertiary/aromatic N) is 3. The summed E-state index contributed by atoms with van der Waals surface area (Å²) in [5.41, 5.74) is 7.63. The van der Waals surface area contributed by atoms with E-state index < -0.39 is 47.6 Å². The van der Waals surface area contributed by atoms with E-state index in [0.29, 0.717) is 33.7 Å². The Bertz CT molecular complexity index is 2820. The van der Waals surface area contributed by atoms with Crippen LogP contribution in [0, 0.1) is 17.0 Å². The summed E-state index contributed by atoms with van der Waals surface area (Å²) in [6.07, 6.45) is 77.9. The van der Waals surface area contributed by atoms with Crippen LogP contribution in [-0.2, 0) is 10.8 Å². The van der Waals surface area contributed by atoms with Gasteiger partial charge in [-0.05, 0) is 0 Å². The summed E-state index contributed by atoms with van der Waals surface area (Å²) in [5.74, 6) is -0.375. The van der Waals surface area contributed by atoms with Crippen LogP contribution < -0.4 is 3.58 Å². The van der Waals surface area contributed by atoms with E-state index in [1.54, 1.807) is 0 Å². The summed E-state index contributed by atoms with van der Waals surface area (Å²) in [7, 11) is 0. The molecule has 100 heavy (non-hydrogen) atoms. The first-order valence-electron chi connectivity index (χ1n) is 43.7. The van der Waals surface area contributed by atoms with Gasteiger partial charge in [0.1, 0.15) is 0 Å². The molecule has 4 nitrogen and oxygen atoms in total. The third kappa shape index (κ3) is 26.9. The molecule has 1 heterocycles. The molecule has 2 aromatic carbocycles. The molecule has 0 atom stereocenters. The first kappa shape index (κ1) is 88.3. The van der Waals surface area contributed by atoms with Crippen molar-refractivity contribution in [3.63, 3.8) is 0 Å². The van der Waals surface area contributed by atoms with Gasteiger partial charge in [-0.15, -0.1) is 0 Å². The molecule has 6 rings (SSSR count). The van der Waals surface area contributed by atoms with Crippen LogP contribution in [0.1, 0.15) is 435 Å². The van der Waals surface area contributed by atoms with Crippen molar-refractivity contribution in [1.82, 2.24) is 7.96 Å². The summed E-state index contributed by atoms with van der Waals surface area (Å²) in [4.78, 5) is 14.8. The van der Waals surface area contributed by atoms with Gasteiger partial charge in [0.25, 0.3) is 0 Å². The molecule has 0 fully saturated rings. The maximum absolute atomic E-state index is 20.5. The minimum Gasteiger partial charge on any atom is -0.0654 e. The van der Waals surface area contributed by atoms with Crippen LogP contribution in [0.4, 0.5) is 8.78 Å². The van der Waals surface area contributed by atoms with Gasteiger partial charge in [0.05, 0.1) is 0 Å². The first-order chi connectivity index (χ1) is 48.6. The average Bonchev–Trinajstić information content (AvgIpc) is 1.50. The molecule has 0 spiro atoms. The smallest absolute Gasteiger partial charge is 0.0654 e. The quantitative estimate of drug-likeness (QED) is 0.0348.